The average Bonchev–Trinajstić information content (AvgIpc) is 2.92. The molecule has 1 aromatic heterocycles. The largest absolute Gasteiger partial charge is 0.497 e. The second-order valence-electron chi connectivity index (χ2n) is 6.67. The normalized spacial score (nSPS) is 19.4. The zero-order valence-corrected chi connectivity index (χ0v) is 16.1. The van der Waals surface area contributed by atoms with E-state index < -0.39 is 5.97 Å². The van der Waals surface area contributed by atoms with Crippen LogP contribution in [0.15, 0.2) is 18.2 Å². The van der Waals surface area contributed by atoms with Crippen molar-refractivity contribution in [3.05, 3.63) is 28.6 Å². The lowest BCUT2D eigenvalue weighted by molar-refractivity contribution is -0.139. The molecule has 2 aromatic rings. The van der Waals surface area contributed by atoms with E-state index in [4.69, 9.17) is 9.84 Å². The molecule has 1 saturated carbocycles. The SMILES string of the molecule is CCN(CC(=O)O)C1CC(NC(=O)c2sc3ccc(OC)cc3c2C)C1. The number of carboxylic acid groups (broad SMARTS) is 1. The number of fused-ring (bicyclic) bond motifs is 1. The number of rotatable bonds is 7. The van der Waals surface area contributed by atoms with Crippen LogP contribution in [0.5, 0.6) is 5.75 Å². The van der Waals surface area contributed by atoms with Crippen molar-refractivity contribution in [3.8, 4) is 5.75 Å². The fraction of sp³-hybridized carbons (Fsp3) is 0.474. The van der Waals surface area contributed by atoms with Crippen LogP contribution in [-0.2, 0) is 4.79 Å². The number of ether oxygens (including phenoxy) is 1. The first-order valence-electron chi connectivity index (χ1n) is 8.76. The van der Waals surface area contributed by atoms with Crippen LogP contribution in [0.25, 0.3) is 10.1 Å². The Hall–Kier alpha value is -2.12. The zero-order chi connectivity index (χ0) is 18.8. The maximum absolute atomic E-state index is 12.7. The molecule has 140 valence electrons. The molecular formula is C19H24N2O4S. The van der Waals surface area contributed by atoms with Gasteiger partial charge in [0.25, 0.3) is 5.91 Å². The molecule has 1 heterocycles. The van der Waals surface area contributed by atoms with Gasteiger partial charge in [-0.25, -0.2) is 0 Å². The number of hydrogen-bond acceptors (Lipinski definition) is 5. The number of nitrogens with one attached hydrogen (secondary N) is 1. The van der Waals surface area contributed by atoms with Gasteiger partial charge < -0.3 is 15.2 Å². The molecule has 0 aliphatic heterocycles. The number of amides is 1. The predicted octanol–water partition coefficient (Wildman–Crippen LogP) is 2.89. The smallest absolute Gasteiger partial charge is 0.317 e. The summed E-state index contributed by atoms with van der Waals surface area (Å²) >= 11 is 1.49. The Bertz CT molecular complexity index is 826. The molecule has 1 aliphatic carbocycles. The number of carbonyl (C=O) groups excluding carboxylic acids is 1. The minimum atomic E-state index is -0.810. The Morgan fingerprint density at radius 3 is 2.73 bits per heavy atom. The van der Waals surface area contributed by atoms with Crippen LogP contribution in [0, 0.1) is 6.92 Å². The van der Waals surface area contributed by atoms with Gasteiger partial charge >= 0.3 is 5.97 Å². The number of methoxy groups -OCH3 is 1. The number of benzene rings is 1. The van der Waals surface area contributed by atoms with Crippen LogP contribution in [0.1, 0.15) is 35.0 Å². The monoisotopic (exact) mass is 376 g/mol. The van der Waals surface area contributed by atoms with Crippen LogP contribution in [0.3, 0.4) is 0 Å². The number of nitrogens with zero attached hydrogens (tertiary/aromatic N) is 1. The third-order valence-corrected chi connectivity index (χ3v) is 6.33. The molecule has 26 heavy (non-hydrogen) atoms. The van der Waals surface area contributed by atoms with Gasteiger partial charge in [0.2, 0.25) is 0 Å². The van der Waals surface area contributed by atoms with Gasteiger partial charge in [0.1, 0.15) is 5.75 Å². The number of thiophene rings is 1. The van der Waals surface area contributed by atoms with Crippen LogP contribution >= 0.6 is 11.3 Å². The van der Waals surface area contributed by atoms with Gasteiger partial charge in [0.05, 0.1) is 18.5 Å². The fourth-order valence-corrected chi connectivity index (χ4v) is 4.56. The molecule has 1 aromatic carbocycles. The first-order chi connectivity index (χ1) is 12.4. The van der Waals surface area contributed by atoms with Gasteiger partial charge in [-0.15, -0.1) is 11.3 Å². The lowest BCUT2D eigenvalue weighted by Gasteiger charge is -2.42. The van der Waals surface area contributed by atoms with E-state index in [1.807, 2.05) is 36.9 Å². The Labute approximate surface area is 156 Å². The van der Waals surface area contributed by atoms with E-state index in [-0.39, 0.29) is 24.5 Å². The highest BCUT2D eigenvalue weighted by Gasteiger charge is 2.35. The molecule has 1 amide bonds. The Morgan fingerprint density at radius 2 is 2.12 bits per heavy atom. The Balaban J connectivity index is 1.64. The van der Waals surface area contributed by atoms with Gasteiger partial charge in [0.15, 0.2) is 0 Å². The standard InChI is InChI=1S/C19H24N2O4S/c1-4-21(10-17(22)23)13-7-12(8-13)20-19(24)18-11(2)15-9-14(25-3)5-6-16(15)26-18/h5-6,9,12-13H,4,7-8,10H2,1-3H3,(H,20,24)(H,22,23). The third-order valence-electron chi connectivity index (χ3n) is 5.06. The zero-order valence-electron chi connectivity index (χ0n) is 15.2. The molecular weight excluding hydrogens is 352 g/mol. The van der Waals surface area contributed by atoms with Gasteiger partial charge in [-0.05, 0) is 55.5 Å². The molecule has 0 radical (unpaired) electrons. The average molecular weight is 376 g/mol. The first-order valence-corrected chi connectivity index (χ1v) is 9.58. The molecule has 0 bridgehead atoms. The molecule has 7 heteroatoms. The van der Waals surface area contributed by atoms with E-state index in [0.717, 1.165) is 39.1 Å². The minimum Gasteiger partial charge on any atom is -0.497 e. The number of aryl methyl sites for hydroxylation is 1. The van der Waals surface area contributed by atoms with Crippen molar-refractivity contribution in [3.63, 3.8) is 0 Å². The maximum atomic E-state index is 12.7. The summed E-state index contributed by atoms with van der Waals surface area (Å²) < 4.78 is 6.34. The predicted molar refractivity (Wildman–Crippen MR) is 102 cm³/mol. The second-order valence-corrected chi connectivity index (χ2v) is 7.72. The first kappa shape index (κ1) is 18.7. The van der Waals surface area contributed by atoms with Crippen molar-refractivity contribution >= 4 is 33.3 Å². The summed E-state index contributed by atoms with van der Waals surface area (Å²) in [5, 5.41) is 13.1. The van der Waals surface area contributed by atoms with Gasteiger partial charge in [-0.2, -0.15) is 0 Å². The number of carbonyl (C=O) groups is 2. The molecule has 1 fully saturated rings. The number of hydrogen-bond donors (Lipinski definition) is 2. The van der Waals surface area contributed by atoms with Crippen LogP contribution < -0.4 is 10.1 Å². The summed E-state index contributed by atoms with van der Waals surface area (Å²) in [6.45, 7) is 4.68. The lowest BCUT2D eigenvalue weighted by Crippen LogP contribution is -2.54. The van der Waals surface area contributed by atoms with E-state index in [1.54, 1.807) is 7.11 Å². The van der Waals surface area contributed by atoms with Crippen molar-refractivity contribution in [1.29, 1.82) is 0 Å². The Morgan fingerprint density at radius 1 is 1.38 bits per heavy atom. The van der Waals surface area contributed by atoms with Crippen molar-refractivity contribution in [2.75, 3.05) is 20.2 Å². The van der Waals surface area contributed by atoms with E-state index in [9.17, 15) is 9.59 Å². The van der Waals surface area contributed by atoms with E-state index >= 15 is 0 Å². The van der Waals surface area contributed by atoms with Gasteiger partial charge in [-0.1, -0.05) is 6.92 Å². The molecule has 2 N–H and O–H groups in total. The highest BCUT2D eigenvalue weighted by molar-refractivity contribution is 7.21. The molecule has 0 saturated heterocycles. The summed E-state index contributed by atoms with van der Waals surface area (Å²) in [5.41, 5.74) is 0.971. The Kier molecular flexibility index (Phi) is 5.48. The number of likely N-dealkylation sites (N-methyl/N-ethyl adjacent to an activating group) is 1. The number of aliphatic carboxylic acids is 1. The molecule has 3 rings (SSSR count). The summed E-state index contributed by atoms with van der Waals surface area (Å²) in [7, 11) is 1.63. The highest BCUT2D eigenvalue weighted by atomic mass is 32.1. The van der Waals surface area contributed by atoms with Crippen molar-refractivity contribution in [2.24, 2.45) is 0 Å². The van der Waals surface area contributed by atoms with Gasteiger partial charge in [-0.3, -0.25) is 14.5 Å². The molecule has 0 spiro atoms. The van der Waals surface area contributed by atoms with E-state index in [1.165, 1.54) is 11.3 Å². The minimum absolute atomic E-state index is 0.0487. The topological polar surface area (TPSA) is 78.9 Å². The highest BCUT2D eigenvalue weighted by Crippen LogP contribution is 2.34. The summed E-state index contributed by atoms with van der Waals surface area (Å²) in [4.78, 5) is 26.3. The summed E-state index contributed by atoms with van der Waals surface area (Å²) in [5.74, 6) is -0.0756. The third kappa shape index (κ3) is 3.68. The quantitative estimate of drug-likeness (QED) is 0.777. The van der Waals surface area contributed by atoms with Crippen LogP contribution in [-0.4, -0.2) is 54.2 Å². The van der Waals surface area contributed by atoms with Crippen LogP contribution in [0.2, 0.25) is 0 Å². The van der Waals surface area contributed by atoms with Gasteiger partial charge in [0, 0.05) is 16.8 Å². The van der Waals surface area contributed by atoms with Crippen molar-refractivity contribution in [2.45, 2.75) is 38.8 Å². The van der Waals surface area contributed by atoms with Crippen molar-refractivity contribution in [1.82, 2.24) is 10.2 Å². The molecule has 1 aliphatic rings. The van der Waals surface area contributed by atoms with E-state index in [2.05, 4.69) is 5.32 Å². The summed E-state index contributed by atoms with van der Waals surface area (Å²) in [6, 6.07) is 6.18. The lowest BCUT2D eigenvalue weighted by atomic mass is 9.85. The molecule has 0 unspecified atom stereocenters. The molecule has 6 nitrogen and oxygen atoms in total. The van der Waals surface area contributed by atoms with E-state index in [0.29, 0.717) is 6.54 Å². The number of carboxylic acids is 1. The second kappa shape index (κ2) is 7.63. The molecule has 0 atom stereocenters. The summed E-state index contributed by atoms with van der Waals surface area (Å²) in [6.07, 6.45) is 1.59. The van der Waals surface area contributed by atoms with Crippen molar-refractivity contribution < 1.29 is 19.4 Å². The maximum Gasteiger partial charge on any atom is 0.317 e. The fourth-order valence-electron chi connectivity index (χ4n) is 3.47. The van der Waals surface area contributed by atoms with Crippen LogP contribution in [0.4, 0.5) is 0 Å².